The second-order valence-corrected chi connectivity index (χ2v) is 5.08. The summed E-state index contributed by atoms with van der Waals surface area (Å²) in [4.78, 5) is 11.1. The maximum atomic E-state index is 11.1. The molecule has 0 aromatic heterocycles. The van der Waals surface area contributed by atoms with Crippen LogP contribution in [0.25, 0.3) is 0 Å². The summed E-state index contributed by atoms with van der Waals surface area (Å²) >= 11 is 2.21. The number of nitrogens with zero attached hydrogens (tertiary/aromatic N) is 1. The molecule has 0 amide bonds. The van der Waals surface area contributed by atoms with E-state index in [0.29, 0.717) is 0 Å². The van der Waals surface area contributed by atoms with Crippen LogP contribution in [0.3, 0.4) is 0 Å². The van der Waals surface area contributed by atoms with Crippen molar-refractivity contribution in [1.29, 1.82) is 5.26 Å². The van der Waals surface area contributed by atoms with Gasteiger partial charge in [0.15, 0.2) is 0 Å². The van der Waals surface area contributed by atoms with Crippen LogP contribution < -0.4 is 0 Å². The fraction of sp³-hybridized carbons (Fsp3) is 0.333. The van der Waals surface area contributed by atoms with Crippen LogP contribution >= 0.6 is 22.6 Å². The van der Waals surface area contributed by atoms with Crippen molar-refractivity contribution < 1.29 is 4.79 Å². The van der Waals surface area contributed by atoms with Crippen LogP contribution in [-0.4, -0.2) is 5.78 Å². The van der Waals surface area contributed by atoms with E-state index in [1.807, 2.05) is 24.3 Å². The number of benzene rings is 1. The van der Waals surface area contributed by atoms with Crippen molar-refractivity contribution >= 4 is 28.4 Å². The molecule has 78 valence electrons. The van der Waals surface area contributed by atoms with E-state index in [-0.39, 0.29) is 12.2 Å². The second-order valence-electron chi connectivity index (χ2n) is 3.83. The van der Waals surface area contributed by atoms with E-state index in [1.54, 1.807) is 6.92 Å². The summed E-state index contributed by atoms with van der Waals surface area (Å²) in [6, 6.07) is 9.94. The van der Waals surface area contributed by atoms with Crippen LogP contribution in [0.15, 0.2) is 24.3 Å². The number of halogens is 1. The van der Waals surface area contributed by atoms with Crippen LogP contribution in [-0.2, 0) is 10.2 Å². The molecule has 0 spiro atoms. The number of hydrogen-bond acceptors (Lipinski definition) is 2. The van der Waals surface area contributed by atoms with Crippen molar-refractivity contribution in [2.45, 2.75) is 25.7 Å². The Bertz CT molecular complexity index is 405. The van der Waals surface area contributed by atoms with Crippen LogP contribution in [0.1, 0.15) is 25.8 Å². The molecule has 1 atom stereocenters. The van der Waals surface area contributed by atoms with Gasteiger partial charge in [-0.1, -0.05) is 12.1 Å². The van der Waals surface area contributed by atoms with Crippen LogP contribution in [0.4, 0.5) is 0 Å². The third kappa shape index (κ3) is 3.03. The van der Waals surface area contributed by atoms with Crippen molar-refractivity contribution in [3.8, 4) is 6.07 Å². The van der Waals surface area contributed by atoms with Gasteiger partial charge in [-0.25, -0.2) is 0 Å². The van der Waals surface area contributed by atoms with Gasteiger partial charge in [-0.05, 0) is 54.1 Å². The van der Waals surface area contributed by atoms with Gasteiger partial charge in [-0.2, -0.15) is 5.26 Å². The molecule has 0 aliphatic carbocycles. The van der Waals surface area contributed by atoms with E-state index in [2.05, 4.69) is 28.7 Å². The fourth-order valence-corrected chi connectivity index (χ4v) is 1.88. The molecule has 0 aliphatic heterocycles. The molecule has 0 saturated carbocycles. The van der Waals surface area contributed by atoms with Gasteiger partial charge in [-0.15, -0.1) is 0 Å². The van der Waals surface area contributed by atoms with Crippen molar-refractivity contribution in [2.24, 2.45) is 0 Å². The molecule has 1 aromatic carbocycles. The van der Waals surface area contributed by atoms with E-state index in [0.717, 1.165) is 9.13 Å². The Morgan fingerprint density at radius 1 is 1.47 bits per heavy atom. The molecule has 0 radical (unpaired) electrons. The number of ketones is 1. The van der Waals surface area contributed by atoms with Gasteiger partial charge in [0.25, 0.3) is 0 Å². The molecule has 0 aliphatic rings. The molecule has 2 nitrogen and oxygen atoms in total. The average molecular weight is 313 g/mol. The van der Waals surface area contributed by atoms with Crippen molar-refractivity contribution in [2.75, 3.05) is 0 Å². The zero-order valence-corrected chi connectivity index (χ0v) is 10.9. The molecule has 1 rings (SSSR count). The Labute approximate surface area is 103 Å². The van der Waals surface area contributed by atoms with E-state index in [9.17, 15) is 4.79 Å². The maximum Gasteiger partial charge on any atom is 0.131 e. The van der Waals surface area contributed by atoms with Crippen molar-refractivity contribution in [1.82, 2.24) is 0 Å². The Morgan fingerprint density at radius 2 is 2.00 bits per heavy atom. The molecule has 0 heterocycles. The van der Waals surface area contributed by atoms with Gasteiger partial charge >= 0.3 is 0 Å². The quantitative estimate of drug-likeness (QED) is 0.805. The first-order valence-electron chi connectivity index (χ1n) is 4.65. The molecule has 15 heavy (non-hydrogen) atoms. The van der Waals surface area contributed by atoms with Gasteiger partial charge < -0.3 is 0 Å². The molecule has 1 unspecified atom stereocenters. The minimum Gasteiger partial charge on any atom is -0.300 e. The molecule has 0 fully saturated rings. The van der Waals surface area contributed by atoms with Crippen LogP contribution in [0, 0.1) is 14.9 Å². The number of carbonyl (C=O) groups is 1. The molecular weight excluding hydrogens is 301 g/mol. The Hall–Kier alpha value is -0.890. The highest BCUT2D eigenvalue weighted by molar-refractivity contribution is 14.1. The highest BCUT2D eigenvalue weighted by Gasteiger charge is 2.27. The smallest absolute Gasteiger partial charge is 0.131 e. The summed E-state index contributed by atoms with van der Waals surface area (Å²) in [6.45, 7) is 3.32. The minimum absolute atomic E-state index is 0.0394. The predicted octanol–water partition coefficient (Wildman–Crippen LogP) is 3.05. The molecular formula is C12H12INO. The lowest BCUT2D eigenvalue weighted by Gasteiger charge is -2.20. The maximum absolute atomic E-state index is 11.1. The number of carbonyl (C=O) groups excluding carboxylic acids is 1. The number of rotatable bonds is 3. The molecule has 0 bridgehead atoms. The van der Waals surface area contributed by atoms with Crippen LogP contribution in [0.5, 0.6) is 0 Å². The van der Waals surface area contributed by atoms with Gasteiger partial charge in [-0.3, -0.25) is 4.79 Å². The fourth-order valence-electron chi connectivity index (χ4n) is 1.52. The zero-order chi connectivity index (χ0) is 11.5. The highest BCUT2D eigenvalue weighted by atomic mass is 127. The minimum atomic E-state index is -0.698. The first kappa shape index (κ1) is 12.2. The molecule has 3 heteroatoms. The van der Waals surface area contributed by atoms with E-state index in [4.69, 9.17) is 5.26 Å². The Balaban J connectivity index is 3.07. The van der Waals surface area contributed by atoms with Crippen LogP contribution in [0.2, 0.25) is 0 Å². The normalized spacial score (nSPS) is 14.0. The van der Waals surface area contributed by atoms with Gasteiger partial charge in [0.1, 0.15) is 5.78 Å². The topological polar surface area (TPSA) is 40.9 Å². The summed E-state index contributed by atoms with van der Waals surface area (Å²) < 4.78 is 1.12. The first-order valence-corrected chi connectivity index (χ1v) is 5.72. The average Bonchev–Trinajstić information content (AvgIpc) is 2.17. The molecule has 0 saturated heterocycles. The third-order valence-electron chi connectivity index (χ3n) is 2.33. The molecule has 0 N–H and O–H groups in total. The highest BCUT2D eigenvalue weighted by Crippen LogP contribution is 2.27. The third-order valence-corrected chi connectivity index (χ3v) is 3.05. The lowest BCUT2D eigenvalue weighted by Crippen LogP contribution is -2.22. The largest absolute Gasteiger partial charge is 0.300 e. The second kappa shape index (κ2) is 4.75. The van der Waals surface area contributed by atoms with Gasteiger partial charge in [0.05, 0.1) is 11.5 Å². The lowest BCUT2D eigenvalue weighted by molar-refractivity contribution is -0.117. The Morgan fingerprint density at radius 3 is 2.40 bits per heavy atom. The SMILES string of the molecule is CC(=O)CC(C)(C#N)c1ccc(I)cc1. The van der Waals surface area contributed by atoms with E-state index >= 15 is 0 Å². The van der Waals surface area contributed by atoms with Crippen molar-refractivity contribution in [3.05, 3.63) is 33.4 Å². The lowest BCUT2D eigenvalue weighted by atomic mass is 9.80. The number of nitriles is 1. The first-order chi connectivity index (χ1) is 6.98. The molecule has 1 aromatic rings. The monoisotopic (exact) mass is 313 g/mol. The summed E-state index contributed by atoms with van der Waals surface area (Å²) in [5, 5.41) is 9.15. The summed E-state index contributed by atoms with van der Waals surface area (Å²) in [7, 11) is 0. The Kier molecular flexibility index (Phi) is 3.86. The summed E-state index contributed by atoms with van der Waals surface area (Å²) in [6.07, 6.45) is 0.268. The number of Topliss-reactive ketones (excluding diaryl/α,β-unsaturated/α-hetero) is 1. The zero-order valence-electron chi connectivity index (χ0n) is 8.75. The predicted molar refractivity (Wildman–Crippen MR) is 67.4 cm³/mol. The standard InChI is InChI=1S/C12H12INO/c1-9(15)7-12(2,8-14)10-3-5-11(13)6-4-10/h3-6H,7H2,1-2H3. The summed E-state index contributed by atoms with van der Waals surface area (Å²) in [5.41, 5.74) is 0.205. The van der Waals surface area contributed by atoms with Gasteiger partial charge in [0.2, 0.25) is 0 Å². The van der Waals surface area contributed by atoms with E-state index < -0.39 is 5.41 Å². The van der Waals surface area contributed by atoms with E-state index in [1.165, 1.54) is 6.92 Å². The number of hydrogen-bond donors (Lipinski definition) is 0. The van der Waals surface area contributed by atoms with Crippen molar-refractivity contribution in [3.63, 3.8) is 0 Å². The van der Waals surface area contributed by atoms with Gasteiger partial charge in [0, 0.05) is 9.99 Å². The summed E-state index contributed by atoms with van der Waals surface area (Å²) in [5.74, 6) is 0.0394.